The van der Waals surface area contributed by atoms with Gasteiger partial charge in [-0.25, -0.2) is 4.31 Å². The second kappa shape index (κ2) is 8.59. The zero-order valence-corrected chi connectivity index (χ0v) is 16.4. The van der Waals surface area contributed by atoms with Crippen LogP contribution < -0.4 is 0 Å². The Morgan fingerprint density at radius 3 is 2.42 bits per heavy atom. The van der Waals surface area contributed by atoms with Crippen molar-refractivity contribution in [1.29, 1.82) is 0 Å². The van der Waals surface area contributed by atoms with Gasteiger partial charge in [-0.3, -0.25) is 0 Å². The average molecular weight is 428 g/mol. The SMILES string of the molecule is Oc1ccc(SN2CCN(CCc3ccc(Cl)cc3)CC2)cc1Br. The first-order valence-electron chi connectivity index (χ1n) is 7.98. The maximum atomic E-state index is 9.57. The molecule has 0 spiro atoms. The molecule has 0 amide bonds. The first-order chi connectivity index (χ1) is 11.6. The summed E-state index contributed by atoms with van der Waals surface area (Å²) >= 11 is 11.1. The molecule has 1 fully saturated rings. The maximum Gasteiger partial charge on any atom is 0.129 e. The van der Waals surface area contributed by atoms with Crippen LogP contribution in [0, 0.1) is 0 Å². The Hall–Kier alpha value is -0.720. The highest BCUT2D eigenvalue weighted by atomic mass is 79.9. The highest BCUT2D eigenvalue weighted by Gasteiger charge is 2.17. The van der Waals surface area contributed by atoms with Gasteiger partial charge in [0.25, 0.3) is 0 Å². The first-order valence-corrected chi connectivity index (χ1v) is 9.93. The molecule has 3 rings (SSSR count). The average Bonchev–Trinajstić information content (AvgIpc) is 2.59. The molecule has 128 valence electrons. The van der Waals surface area contributed by atoms with Crippen LogP contribution in [0.2, 0.25) is 5.02 Å². The minimum Gasteiger partial charge on any atom is -0.507 e. The van der Waals surface area contributed by atoms with Crippen molar-refractivity contribution in [1.82, 2.24) is 9.21 Å². The molecule has 1 aliphatic rings. The minimum absolute atomic E-state index is 0.284. The van der Waals surface area contributed by atoms with E-state index in [2.05, 4.69) is 37.3 Å². The summed E-state index contributed by atoms with van der Waals surface area (Å²) in [5, 5.41) is 10.4. The predicted molar refractivity (Wildman–Crippen MR) is 105 cm³/mol. The number of piperazine rings is 1. The summed E-state index contributed by atoms with van der Waals surface area (Å²) in [4.78, 5) is 3.66. The minimum atomic E-state index is 0.284. The maximum absolute atomic E-state index is 9.57. The molecule has 0 unspecified atom stereocenters. The number of halogens is 2. The van der Waals surface area contributed by atoms with Gasteiger partial charge in [-0.2, -0.15) is 0 Å². The van der Waals surface area contributed by atoms with E-state index in [9.17, 15) is 5.11 Å². The van der Waals surface area contributed by atoms with E-state index in [4.69, 9.17) is 11.6 Å². The summed E-state index contributed by atoms with van der Waals surface area (Å²) in [6, 6.07) is 13.8. The Bertz CT molecular complexity index is 675. The Labute approximate surface area is 160 Å². The summed E-state index contributed by atoms with van der Waals surface area (Å²) in [6.07, 6.45) is 1.06. The zero-order valence-electron chi connectivity index (χ0n) is 13.3. The van der Waals surface area contributed by atoms with Crippen LogP contribution in [0.5, 0.6) is 5.75 Å². The van der Waals surface area contributed by atoms with E-state index in [1.165, 1.54) is 5.56 Å². The highest BCUT2D eigenvalue weighted by molar-refractivity contribution is 9.10. The van der Waals surface area contributed by atoms with Crippen LogP contribution in [0.1, 0.15) is 5.56 Å². The van der Waals surface area contributed by atoms with Crippen LogP contribution in [-0.2, 0) is 6.42 Å². The van der Waals surface area contributed by atoms with Gasteiger partial charge in [-0.15, -0.1) is 0 Å². The van der Waals surface area contributed by atoms with E-state index in [1.807, 2.05) is 24.3 Å². The molecule has 6 heteroatoms. The number of hydrogen-bond donors (Lipinski definition) is 1. The predicted octanol–water partition coefficient (Wildman–Crippen LogP) is 4.68. The van der Waals surface area contributed by atoms with Crippen molar-refractivity contribution in [3.63, 3.8) is 0 Å². The number of phenolic OH excluding ortho intramolecular Hbond substituents is 1. The van der Waals surface area contributed by atoms with Crippen molar-refractivity contribution in [2.75, 3.05) is 32.7 Å². The molecule has 1 N–H and O–H groups in total. The second-order valence-electron chi connectivity index (χ2n) is 5.85. The molecule has 3 nitrogen and oxygen atoms in total. The van der Waals surface area contributed by atoms with Crippen LogP contribution in [-0.4, -0.2) is 47.0 Å². The summed E-state index contributed by atoms with van der Waals surface area (Å²) in [5.74, 6) is 0.284. The van der Waals surface area contributed by atoms with E-state index in [0.717, 1.165) is 53.5 Å². The van der Waals surface area contributed by atoms with Crippen LogP contribution in [0.3, 0.4) is 0 Å². The molecular weight excluding hydrogens is 408 g/mol. The van der Waals surface area contributed by atoms with Gasteiger partial charge in [0.1, 0.15) is 5.75 Å². The van der Waals surface area contributed by atoms with Crippen molar-refractivity contribution in [3.05, 3.63) is 57.5 Å². The molecule has 0 saturated carbocycles. The molecule has 1 saturated heterocycles. The molecular formula is C18H20BrClN2OS. The van der Waals surface area contributed by atoms with Gasteiger partial charge in [0.05, 0.1) is 4.47 Å². The van der Waals surface area contributed by atoms with Gasteiger partial charge >= 0.3 is 0 Å². The van der Waals surface area contributed by atoms with Crippen molar-refractivity contribution in [3.8, 4) is 5.75 Å². The Morgan fingerprint density at radius 1 is 1.04 bits per heavy atom. The lowest BCUT2D eigenvalue weighted by atomic mass is 10.1. The molecule has 0 aromatic heterocycles. The Morgan fingerprint density at radius 2 is 1.75 bits per heavy atom. The van der Waals surface area contributed by atoms with Gasteiger partial charge in [0.15, 0.2) is 0 Å². The van der Waals surface area contributed by atoms with Gasteiger partial charge in [-0.1, -0.05) is 23.7 Å². The number of phenols is 1. The van der Waals surface area contributed by atoms with Gasteiger partial charge in [0.2, 0.25) is 0 Å². The van der Waals surface area contributed by atoms with Gasteiger partial charge in [0, 0.05) is 42.6 Å². The lowest BCUT2D eigenvalue weighted by molar-refractivity contribution is 0.198. The van der Waals surface area contributed by atoms with Crippen molar-refractivity contribution in [2.45, 2.75) is 11.3 Å². The normalized spacial score (nSPS) is 16.4. The second-order valence-corrected chi connectivity index (χ2v) is 8.31. The number of benzene rings is 2. The van der Waals surface area contributed by atoms with Crippen LogP contribution in [0.15, 0.2) is 51.8 Å². The molecule has 2 aromatic carbocycles. The molecule has 2 aromatic rings. The van der Waals surface area contributed by atoms with E-state index >= 15 is 0 Å². The number of nitrogens with zero attached hydrogens (tertiary/aromatic N) is 2. The molecule has 1 heterocycles. The fraction of sp³-hybridized carbons (Fsp3) is 0.333. The van der Waals surface area contributed by atoms with Crippen molar-refractivity contribution < 1.29 is 5.11 Å². The third kappa shape index (κ3) is 5.14. The zero-order chi connectivity index (χ0) is 16.9. The summed E-state index contributed by atoms with van der Waals surface area (Å²) in [7, 11) is 0. The quantitative estimate of drug-likeness (QED) is 0.701. The third-order valence-electron chi connectivity index (χ3n) is 4.11. The lowest BCUT2D eigenvalue weighted by Crippen LogP contribution is -2.44. The Balaban J connectivity index is 1.43. The highest BCUT2D eigenvalue weighted by Crippen LogP contribution is 2.31. The number of aromatic hydroxyl groups is 1. The smallest absolute Gasteiger partial charge is 0.129 e. The largest absolute Gasteiger partial charge is 0.507 e. The van der Waals surface area contributed by atoms with Crippen molar-refractivity contribution >= 4 is 39.5 Å². The summed E-state index contributed by atoms with van der Waals surface area (Å²) in [6.45, 7) is 5.35. The number of hydrogen-bond acceptors (Lipinski definition) is 4. The Kier molecular flexibility index (Phi) is 6.47. The molecule has 24 heavy (non-hydrogen) atoms. The van der Waals surface area contributed by atoms with Crippen LogP contribution >= 0.6 is 39.5 Å². The fourth-order valence-corrected chi connectivity index (χ4v) is 4.28. The van der Waals surface area contributed by atoms with Gasteiger partial charge < -0.3 is 10.0 Å². The van der Waals surface area contributed by atoms with Crippen LogP contribution in [0.4, 0.5) is 0 Å². The third-order valence-corrected chi connectivity index (χ3v) is 6.09. The van der Waals surface area contributed by atoms with Crippen LogP contribution in [0.25, 0.3) is 0 Å². The first kappa shape index (κ1) is 18.1. The topological polar surface area (TPSA) is 26.7 Å². The molecule has 0 aliphatic carbocycles. The van der Waals surface area contributed by atoms with Gasteiger partial charge in [-0.05, 0) is 70.2 Å². The lowest BCUT2D eigenvalue weighted by Gasteiger charge is -2.33. The fourth-order valence-electron chi connectivity index (χ4n) is 2.68. The molecule has 0 atom stereocenters. The number of rotatable bonds is 5. The summed E-state index contributed by atoms with van der Waals surface area (Å²) in [5.41, 5.74) is 1.34. The van der Waals surface area contributed by atoms with Crippen molar-refractivity contribution in [2.24, 2.45) is 0 Å². The standard InChI is InChI=1S/C18H20BrClN2OS/c19-17-13-16(5-6-18(17)23)24-22-11-9-21(10-12-22)8-7-14-1-3-15(20)4-2-14/h1-6,13,23H,7-12H2. The van der Waals surface area contributed by atoms with E-state index in [0.29, 0.717) is 0 Å². The molecule has 0 radical (unpaired) electrons. The van der Waals surface area contributed by atoms with E-state index in [1.54, 1.807) is 18.0 Å². The van der Waals surface area contributed by atoms with E-state index in [-0.39, 0.29) is 5.75 Å². The monoisotopic (exact) mass is 426 g/mol. The summed E-state index contributed by atoms with van der Waals surface area (Å²) < 4.78 is 3.13. The molecule has 1 aliphatic heterocycles. The molecule has 0 bridgehead atoms. The van der Waals surface area contributed by atoms with E-state index < -0.39 is 0 Å².